The summed E-state index contributed by atoms with van der Waals surface area (Å²) in [7, 11) is 3.34. The lowest BCUT2D eigenvalue weighted by Gasteiger charge is -2.11. The number of amides is 2. The molecule has 2 aromatic rings. The number of carbonyl (C=O) groups is 2. The molecule has 1 N–H and O–H groups in total. The van der Waals surface area contributed by atoms with Crippen LogP contribution in [0.3, 0.4) is 0 Å². The SMILES string of the molecule is C/C(=N/NC(=O)COc1ccc(Cl)cc1)c1ccc(OCC(=O)N(C)C)cc1. The molecule has 148 valence electrons. The molecular weight excluding hydrogens is 382 g/mol. The first kappa shape index (κ1) is 21.2. The molecule has 0 saturated carbocycles. The van der Waals surface area contributed by atoms with Crippen molar-refractivity contribution in [3.05, 3.63) is 59.1 Å². The smallest absolute Gasteiger partial charge is 0.277 e. The van der Waals surface area contributed by atoms with Gasteiger partial charge in [0.1, 0.15) is 11.5 Å². The van der Waals surface area contributed by atoms with Gasteiger partial charge in [0, 0.05) is 19.1 Å². The van der Waals surface area contributed by atoms with Crippen molar-refractivity contribution in [2.24, 2.45) is 5.10 Å². The van der Waals surface area contributed by atoms with Crippen LogP contribution >= 0.6 is 11.6 Å². The van der Waals surface area contributed by atoms with Gasteiger partial charge >= 0.3 is 0 Å². The van der Waals surface area contributed by atoms with E-state index in [2.05, 4.69) is 10.5 Å². The largest absolute Gasteiger partial charge is 0.484 e. The van der Waals surface area contributed by atoms with Gasteiger partial charge in [0.05, 0.1) is 5.71 Å². The second-order valence-electron chi connectivity index (χ2n) is 6.08. The highest BCUT2D eigenvalue weighted by molar-refractivity contribution is 6.30. The Labute approximate surface area is 168 Å². The first-order valence-electron chi connectivity index (χ1n) is 8.50. The van der Waals surface area contributed by atoms with E-state index in [0.717, 1.165) is 5.56 Å². The zero-order valence-corrected chi connectivity index (χ0v) is 16.7. The molecule has 0 spiro atoms. The number of hydrogen-bond donors (Lipinski definition) is 1. The van der Waals surface area contributed by atoms with Crippen LogP contribution in [0.5, 0.6) is 11.5 Å². The molecule has 7 nitrogen and oxygen atoms in total. The highest BCUT2D eigenvalue weighted by Crippen LogP contribution is 2.15. The first-order valence-corrected chi connectivity index (χ1v) is 8.88. The number of nitrogens with zero attached hydrogens (tertiary/aromatic N) is 2. The molecule has 2 aromatic carbocycles. The van der Waals surface area contributed by atoms with Crippen molar-refractivity contribution in [3.63, 3.8) is 0 Å². The molecule has 0 heterocycles. The predicted molar refractivity (Wildman–Crippen MR) is 108 cm³/mol. The number of hydrogen-bond acceptors (Lipinski definition) is 5. The minimum atomic E-state index is -0.378. The van der Waals surface area contributed by atoms with Crippen molar-refractivity contribution >= 4 is 29.1 Å². The molecule has 0 unspecified atom stereocenters. The van der Waals surface area contributed by atoms with Crippen molar-refractivity contribution in [2.45, 2.75) is 6.92 Å². The highest BCUT2D eigenvalue weighted by Gasteiger charge is 2.06. The maximum absolute atomic E-state index is 11.9. The quantitative estimate of drug-likeness (QED) is 0.543. The molecule has 0 aliphatic heterocycles. The van der Waals surface area contributed by atoms with Crippen LogP contribution in [0.1, 0.15) is 12.5 Å². The van der Waals surface area contributed by atoms with Crippen LogP contribution in [0.25, 0.3) is 0 Å². The lowest BCUT2D eigenvalue weighted by Crippen LogP contribution is -2.27. The molecule has 2 rings (SSSR count). The van der Waals surface area contributed by atoms with Crippen molar-refractivity contribution in [1.29, 1.82) is 0 Å². The van der Waals surface area contributed by atoms with E-state index in [0.29, 0.717) is 22.2 Å². The van der Waals surface area contributed by atoms with Gasteiger partial charge in [-0.1, -0.05) is 11.6 Å². The van der Waals surface area contributed by atoms with Crippen molar-refractivity contribution in [2.75, 3.05) is 27.3 Å². The zero-order chi connectivity index (χ0) is 20.5. The van der Waals surface area contributed by atoms with Crippen molar-refractivity contribution in [3.8, 4) is 11.5 Å². The average Bonchev–Trinajstić information content (AvgIpc) is 2.70. The van der Waals surface area contributed by atoms with Crippen LogP contribution in [-0.2, 0) is 9.59 Å². The molecule has 2 amide bonds. The Morgan fingerprint density at radius 1 is 0.964 bits per heavy atom. The van der Waals surface area contributed by atoms with Gasteiger partial charge in [-0.15, -0.1) is 0 Å². The Kier molecular flexibility index (Phi) is 7.83. The summed E-state index contributed by atoms with van der Waals surface area (Å²) in [5, 5.41) is 4.66. The summed E-state index contributed by atoms with van der Waals surface area (Å²) >= 11 is 5.79. The third kappa shape index (κ3) is 6.92. The number of nitrogens with one attached hydrogen (secondary N) is 1. The van der Waals surface area contributed by atoms with Gasteiger partial charge in [-0.25, -0.2) is 5.43 Å². The summed E-state index contributed by atoms with van der Waals surface area (Å²) in [6.45, 7) is 1.58. The number of likely N-dealkylation sites (N-methyl/N-ethyl adjacent to an activating group) is 1. The fraction of sp³-hybridized carbons (Fsp3) is 0.250. The van der Waals surface area contributed by atoms with E-state index in [1.54, 1.807) is 69.6 Å². The number of carbonyl (C=O) groups excluding carboxylic acids is 2. The minimum absolute atomic E-state index is 0.0247. The van der Waals surface area contributed by atoms with Crippen molar-refractivity contribution < 1.29 is 19.1 Å². The number of halogens is 1. The Morgan fingerprint density at radius 3 is 2.07 bits per heavy atom. The number of hydrazone groups is 1. The van der Waals surface area contributed by atoms with Gasteiger partial charge in [-0.3, -0.25) is 9.59 Å². The monoisotopic (exact) mass is 403 g/mol. The molecule has 8 heteroatoms. The summed E-state index contributed by atoms with van der Waals surface area (Å²) < 4.78 is 10.8. The van der Waals surface area contributed by atoms with Gasteiger partial charge in [-0.2, -0.15) is 5.10 Å². The molecule has 0 radical (unpaired) electrons. The second kappa shape index (κ2) is 10.3. The molecule has 0 aliphatic rings. The molecule has 0 fully saturated rings. The fourth-order valence-electron chi connectivity index (χ4n) is 1.99. The highest BCUT2D eigenvalue weighted by atomic mass is 35.5. The first-order chi connectivity index (χ1) is 13.3. The summed E-state index contributed by atoms with van der Waals surface area (Å²) in [6.07, 6.45) is 0. The van der Waals surface area contributed by atoms with E-state index in [4.69, 9.17) is 21.1 Å². The lowest BCUT2D eigenvalue weighted by molar-refractivity contribution is -0.130. The number of ether oxygens (including phenoxy) is 2. The second-order valence-corrected chi connectivity index (χ2v) is 6.51. The summed E-state index contributed by atoms with van der Waals surface area (Å²) in [6, 6.07) is 13.8. The van der Waals surface area contributed by atoms with E-state index < -0.39 is 0 Å². The van der Waals surface area contributed by atoms with Crippen LogP contribution < -0.4 is 14.9 Å². The normalized spacial score (nSPS) is 10.9. The topological polar surface area (TPSA) is 80.2 Å². The predicted octanol–water partition coefficient (Wildman–Crippen LogP) is 2.73. The third-order valence-electron chi connectivity index (χ3n) is 3.67. The Bertz CT molecular complexity index is 834. The minimum Gasteiger partial charge on any atom is -0.484 e. The summed E-state index contributed by atoms with van der Waals surface area (Å²) in [5.41, 5.74) is 3.88. The van der Waals surface area contributed by atoms with Gasteiger partial charge in [-0.05, 0) is 61.0 Å². The van der Waals surface area contributed by atoms with Gasteiger partial charge in [0.15, 0.2) is 13.2 Å². The molecule has 28 heavy (non-hydrogen) atoms. The molecule has 0 bridgehead atoms. The maximum atomic E-state index is 11.9. The van der Waals surface area contributed by atoms with Crippen LogP contribution in [0.2, 0.25) is 5.02 Å². The van der Waals surface area contributed by atoms with E-state index in [1.165, 1.54) is 4.90 Å². The molecule has 0 aromatic heterocycles. The molecule has 0 aliphatic carbocycles. The zero-order valence-electron chi connectivity index (χ0n) is 15.9. The summed E-state index contributed by atoms with van der Waals surface area (Å²) in [5.74, 6) is 0.623. The lowest BCUT2D eigenvalue weighted by atomic mass is 10.1. The van der Waals surface area contributed by atoms with Gasteiger partial charge in [0.2, 0.25) is 0 Å². The molecular formula is C20H22ClN3O4. The fourth-order valence-corrected chi connectivity index (χ4v) is 2.12. The summed E-state index contributed by atoms with van der Waals surface area (Å²) in [4.78, 5) is 24.8. The van der Waals surface area contributed by atoms with Crippen LogP contribution in [0, 0.1) is 0 Å². The van der Waals surface area contributed by atoms with Gasteiger partial charge < -0.3 is 14.4 Å². The van der Waals surface area contributed by atoms with Crippen LogP contribution in [-0.4, -0.2) is 49.7 Å². The Hall–Kier alpha value is -3.06. The third-order valence-corrected chi connectivity index (χ3v) is 3.92. The van der Waals surface area contributed by atoms with Crippen LogP contribution in [0.15, 0.2) is 53.6 Å². The van der Waals surface area contributed by atoms with Crippen LogP contribution in [0.4, 0.5) is 0 Å². The van der Waals surface area contributed by atoms with E-state index in [1.807, 2.05) is 0 Å². The average molecular weight is 404 g/mol. The van der Waals surface area contributed by atoms with E-state index in [9.17, 15) is 9.59 Å². The number of rotatable bonds is 8. The Balaban J connectivity index is 1.82. The number of benzene rings is 2. The molecule has 0 saturated heterocycles. The maximum Gasteiger partial charge on any atom is 0.277 e. The standard InChI is InChI=1S/C20H22ClN3O4/c1-14(15-4-8-17(9-5-15)28-13-20(26)24(2)3)22-23-19(25)12-27-18-10-6-16(21)7-11-18/h4-11H,12-13H2,1-3H3,(H,23,25)/b22-14-. The van der Waals surface area contributed by atoms with E-state index in [-0.39, 0.29) is 25.0 Å². The Morgan fingerprint density at radius 2 is 1.50 bits per heavy atom. The van der Waals surface area contributed by atoms with Gasteiger partial charge in [0.25, 0.3) is 11.8 Å². The molecule has 0 atom stereocenters. The van der Waals surface area contributed by atoms with E-state index >= 15 is 0 Å². The van der Waals surface area contributed by atoms with Crippen molar-refractivity contribution in [1.82, 2.24) is 10.3 Å².